The summed E-state index contributed by atoms with van der Waals surface area (Å²) in [4.78, 5) is 12.0. The molecule has 0 spiro atoms. The van der Waals surface area contributed by atoms with Crippen LogP contribution in [0.15, 0.2) is 36.0 Å². The Morgan fingerprint density at radius 3 is 2.45 bits per heavy atom. The molecular formula is C15H16N4O. The fraction of sp³-hybridized carbons (Fsp3) is 0.267. The van der Waals surface area contributed by atoms with Crippen LogP contribution in [0.4, 0.5) is 5.69 Å². The molecule has 1 amide bonds. The minimum Gasteiger partial charge on any atom is -0.360 e. The van der Waals surface area contributed by atoms with E-state index in [1.165, 1.54) is 6.20 Å². The monoisotopic (exact) mass is 268 g/mol. The van der Waals surface area contributed by atoms with Gasteiger partial charge < -0.3 is 10.6 Å². The summed E-state index contributed by atoms with van der Waals surface area (Å²) >= 11 is 0. The van der Waals surface area contributed by atoms with Crippen LogP contribution in [0.2, 0.25) is 0 Å². The summed E-state index contributed by atoms with van der Waals surface area (Å²) in [6, 6.07) is 10.3. The van der Waals surface area contributed by atoms with Gasteiger partial charge in [0.15, 0.2) is 0 Å². The van der Waals surface area contributed by atoms with Gasteiger partial charge in [-0.25, -0.2) is 0 Å². The highest BCUT2D eigenvalue weighted by molar-refractivity contribution is 5.95. The molecule has 0 unspecified atom stereocenters. The van der Waals surface area contributed by atoms with Crippen molar-refractivity contribution in [3.8, 4) is 12.1 Å². The van der Waals surface area contributed by atoms with Gasteiger partial charge in [-0.1, -0.05) is 6.07 Å². The van der Waals surface area contributed by atoms with Gasteiger partial charge in [0.2, 0.25) is 0 Å². The van der Waals surface area contributed by atoms with Gasteiger partial charge in [-0.15, -0.1) is 0 Å². The fourth-order valence-corrected chi connectivity index (χ4v) is 1.41. The lowest BCUT2D eigenvalue weighted by Gasteiger charge is -2.20. The quantitative estimate of drug-likeness (QED) is 0.824. The number of amides is 1. The number of rotatable bonds is 3. The molecule has 0 aliphatic carbocycles. The van der Waals surface area contributed by atoms with E-state index in [0.717, 1.165) is 0 Å². The van der Waals surface area contributed by atoms with E-state index in [-0.39, 0.29) is 17.0 Å². The molecule has 5 heteroatoms. The Bertz CT molecular complexity index is 596. The maximum absolute atomic E-state index is 12.0. The number of nitriles is 2. The largest absolute Gasteiger partial charge is 0.360 e. The number of carbonyl (C=O) groups is 1. The molecule has 1 aromatic rings. The van der Waals surface area contributed by atoms with Crippen LogP contribution in [0.25, 0.3) is 0 Å². The molecule has 0 saturated heterocycles. The lowest BCUT2D eigenvalue weighted by molar-refractivity contribution is 0.0919. The third-order valence-corrected chi connectivity index (χ3v) is 2.24. The van der Waals surface area contributed by atoms with Crippen LogP contribution in [-0.4, -0.2) is 11.4 Å². The van der Waals surface area contributed by atoms with Crippen LogP contribution in [-0.2, 0) is 0 Å². The average molecular weight is 268 g/mol. The number of nitrogens with one attached hydrogen (secondary N) is 2. The number of carbonyl (C=O) groups excluding carboxylic acids is 1. The first kappa shape index (κ1) is 15.3. The maximum Gasteiger partial charge on any atom is 0.251 e. The van der Waals surface area contributed by atoms with Crippen LogP contribution in [0.1, 0.15) is 31.1 Å². The van der Waals surface area contributed by atoms with Gasteiger partial charge in [0.05, 0.1) is 0 Å². The molecule has 0 fully saturated rings. The molecule has 1 rings (SSSR count). The highest BCUT2D eigenvalue weighted by atomic mass is 16.1. The molecule has 0 aromatic heterocycles. The van der Waals surface area contributed by atoms with Crippen molar-refractivity contribution in [1.29, 1.82) is 10.5 Å². The zero-order valence-electron chi connectivity index (χ0n) is 11.7. The smallest absolute Gasteiger partial charge is 0.251 e. The Kier molecular flexibility index (Phi) is 4.88. The molecule has 5 nitrogen and oxygen atoms in total. The Balaban J connectivity index is 2.87. The van der Waals surface area contributed by atoms with E-state index in [4.69, 9.17) is 10.5 Å². The Morgan fingerprint density at radius 1 is 1.25 bits per heavy atom. The molecule has 102 valence electrons. The summed E-state index contributed by atoms with van der Waals surface area (Å²) in [5, 5.41) is 22.9. The molecule has 0 saturated carbocycles. The van der Waals surface area contributed by atoms with Crippen molar-refractivity contribution in [3.05, 3.63) is 41.6 Å². The van der Waals surface area contributed by atoms with E-state index in [9.17, 15) is 4.79 Å². The molecule has 0 heterocycles. The van der Waals surface area contributed by atoms with Crippen LogP contribution in [0, 0.1) is 22.7 Å². The van der Waals surface area contributed by atoms with Crippen molar-refractivity contribution in [2.24, 2.45) is 0 Å². The summed E-state index contributed by atoms with van der Waals surface area (Å²) in [6.45, 7) is 5.71. The van der Waals surface area contributed by atoms with Crippen LogP contribution >= 0.6 is 0 Å². The van der Waals surface area contributed by atoms with E-state index < -0.39 is 0 Å². The third-order valence-electron chi connectivity index (χ3n) is 2.24. The zero-order valence-corrected chi connectivity index (χ0v) is 11.7. The van der Waals surface area contributed by atoms with E-state index in [0.29, 0.717) is 11.3 Å². The predicted molar refractivity (Wildman–Crippen MR) is 76.6 cm³/mol. The van der Waals surface area contributed by atoms with Gasteiger partial charge in [-0.05, 0) is 39.0 Å². The number of hydrogen-bond acceptors (Lipinski definition) is 4. The number of benzene rings is 1. The lowest BCUT2D eigenvalue weighted by atomic mass is 10.1. The first-order chi connectivity index (χ1) is 9.35. The van der Waals surface area contributed by atoms with Crippen molar-refractivity contribution < 1.29 is 4.79 Å². The molecule has 0 atom stereocenters. The van der Waals surface area contributed by atoms with Crippen LogP contribution < -0.4 is 10.6 Å². The Hall–Kier alpha value is -2.79. The number of hydrogen-bond donors (Lipinski definition) is 2. The molecule has 2 N–H and O–H groups in total. The summed E-state index contributed by atoms with van der Waals surface area (Å²) < 4.78 is 0. The first-order valence-electron chi connectivity index (χ1n) is 6.05. The van der Waals surface area contributed by atoms with Crippen molar-refractivity contribution >= 4 is 11.6 Å². The molecule has 1 aromatic carbocycles. The lowest BCUT2D eigenvalue weighted by Crippen LogP contribution is -2.40. The van der Waals surface area contributed by atoms with Gasteiger partial charge in [-0.3, -0.25) is 4.79 Å². The van der Waals surface area contributed by atoms with E-state index in [2.05, 4.69) is 10.6 Å². The second kappa shape index (κ2) is 6.40. The van der Waals surface area contributed by atoms with Crippen molar-refractivity contribution in [1.82, 2.24) is 5.32 Å². The van der Waals surface area contributed by atoms with Gasteiger partial charge in [0, 0.05) is 23.0 Å². The van der Waals surface area contributed by atoms with Crippen molar-refractivity contribution in [2.45, 2.75) is 26.3 Å². The summed E-state index contributed by atoms with van der Waals surface area (Å²) in [5.41, 5.74) is 0.799. The number of allylic oxidation sites excluding steroid dienone is 1. The minimum atomic E-state index is -0.310. The van der Waals surface area contributed by atoms with Gasteiger partial charge in [0.1, 0.15) is 17.7 Å². The first-order valence-corrected chi connectivity index (χ1v) is 6.05. The summed E-state index contributed by atoms with van der Waals surface area (Å²) in [5.74, 6) is -0.175. The van der Waals surface area contributed by atoms with Crippen molar-refractivity contribution in [3.63, 3.8) is 0 Å². The number of anilines is 1. The zero-order chi connectivity index (χ0) is 15.2. The SMILES string of the molecule is CC(C)(C)NC(=O)c1cccc(NC=C(C#N)C#N)c1. The average Bonchev–Trinajstić information content (AvgIpc) is 2.38. The summed E-state index contributed by atoms with van der Waals surface area (Å²) in [7, 11) is 0. The van der Waals surface area contributed by atoms with Gasteiger partial charge in [-0.2, -0.15) is 10.5 Å². The third kappa shape index (κ3) is 4.83. The predicted octanol–water partition coefficient (Wildman–Crippen LogP) is 2.56. The van der Waals surface area contributed by atoms with E-state index in [1.807, 2.05) is 20.8 Å². The molecule has 0 aliphatic rings. The maximum atomic E-state index is 12.0. The normalized spacial score (nSPS) is 9.85. The second-order valence-corrected chi connectivity index (χ2v) is 5.21. The minimum absolute atomic E-state index is 0.0328. The topological polar surface area (TPSA) is 88.7 Å². The summed E-state index contributed by atoms with van der Waals surface area (Å²) in [6.07, 6.45) is 1.31. The van der Waals surface area contributed by atoms with E-state index >= 15 is 0 Å². The second-order valence-electron chi connectivity index (χ2n) is 5.21. The fourth-order valence-electron chi connectivity index (χ4n) is 1.41. The van der Waals surface area contributed by atoms with Crippen molar-refractivity contribution in [2.75, 3.05) is 5.32 Å². The van der Waals surface area contributed by atoms with Crippen LogP contribution in [0.3, 0.4) is 0 Å². The highest BCUT2D eigenvalue weighted by Gasteiger charge is 2.15. The molecule has 20 heavy (non-hydrogen) atoms. The highest BCUT2D eigenvalue weighted by Crippen LogP contribution is 2.12. The molecular weight excluding hydrogens is 252 g/mol. The van der Waals surface area contributed by atoms with E-state index in [1.54, 1.807) is 36.4 Å². The Morgan fingerprint density at radius 2 is 1.90 bits per heavy atom. The van der Waals surface area contributed by atoms with Gasteiger partial charge in [0.25, 0.3) is 5.91 Å². The molecule has 0 radical (unpaired) electrons. The van der Waals surface area contributed by atoms with Crippen LogP contribution in [0.5, 0.6) is 0 Å². The number of nitrogens with zero attached hydrogens (tertiary/aromatic N) is 2. The Labute approximate surface area is 118 Å². The molecule has 0 bridgehead atoms. The standard InChI is InChI=1S/C15H16N4O/c1-15(2,3)19-14(20)12-5-4-6-13(7-12)18-10-11(8-16)9-17/h4-7,10,18H,1-3H3,(H,19,20). The van der Waals surface area contributed by atoms with Gasteiger partial charge >= 0.3 is 0 Å². The molecule has 0 aliphatic heterocycles.